The average molecular weight is 322 g/mol. The molecule has 0 aliphatic carbocycles. The van der Waals surface area contributed by atoms with Gasteiger partial charge in [-0.2, -0.15) is 0 Å². The van der Waals surface area contributed by atoms with Gasteiger partial charge in [-0.25, -0.2) is 0 Å². The highest BCUT2D eigenvalue weighted by atomic mass is 79.9. The van der Waals surface area contributed by atoms with Gasteiger partial charge in [0.1, 0.15) is 5.75 Å². The van der Waals surface area contributed by atoms with Crippen LogP contribution in [0.15, 0.2) is 40.9 Å². The minimum absolute atomic E-state index is 0.310. The summed E-state index contributed by atoms with van der Waals surface area (Å²) in [6.07, 6.45) is 0. The maximum atomic E-state index is 9.19. The second-order valence-electron chi connectivity index (χ2n) is 3.05. The number of hydrogen-bond acceptors (Lipinski definition) is 1. The Hall–Kier alpha value is -0.440. The molecule has 1 nitrogen and oxygen atoms in total. The van der Waals surface area contributed by atoms with Gasteiger partial charge in [0.05, 0.1) is 0 Å². The van der Waals surface area contributed by atoms with Gasteiger partial charge in [-0.15, -0.1) is 23.2 Å². The minimum Gasteiger partial charge on any atom is -0.508 e. The standard InChI is InChI=1S/C10H7BrO.C2H4Cl2/c11-9-3-1-8-6-10(12)4-2-7(8)5-9;3-1-2-4/h1-6,12H;1-2H2. The lowest BCUT2D eigenvalue weighted by Gasteiger charge is -1.98. The maximum absolute atomic E-state index is 9.19. The summed E-state index contributed by atoms with van der Waals surface area (Å²) in [5.41, 5.74) is 0. The number of rotatable bonds is 1. The molecule has 1 N–H and O–H groups in total. The van der Waals surface area contributed by atoms with E-state index in [9.17, 15) is 5.11 Å². The molecule has 2 aromatic rings. The van der Waals surface area contributed by atoms with E-state index in [0.29, 0.717) is 17.5 Å². The number of alkyl halides is 2. The van der Waals surface area contributed by atoms with Crippen LogP contribution in [0.2, 0.25) is 0 Å². The van der Waals surface area contributed by atoms with E-state index in [0.717, 1.165) is 15.2 Å². The molecular weight excluding hydrogens is 311 g/mol. The zero-order valence-corrected chi connectivity index (χ0v) is 11.6. The molecule has 86 valence electrons. The summed E-state index contributed by atoms with van der Waals surface area (Å²) in [6, 6.07) is 11.3. The highest BCUT2D eigenvalue weighted by molar-refractivity contribution is 9.10. The molecule has 0 amide bonds. The Morgan fingerprint density at radius 2 is 1.50 bits per heavy atom. The topological polar surface area (TPSA) is 20.2 Å². The summed E-state index contributed by atoms with van der Waals surface area (Å²) in [4.78, 5) is 0. The molecular formula is C12H11BrCl2O. The third-order valence-electron chi connectivity index (χ3n) is 1.86. The monoisotopic (exact) mass is 320 g/mol. The van der Waals surface area contributed by atoms with Crippen molar-refractivity contribution in [1.29, 1.82) is 0 Å². The van der Waals surface area contributed by atoms with Gasteiger partial charge >= 0.3 is 0 Å². The SMILES string of the molecule is ClCCCl.Oc1ccc2cc(Br)ccc2c1. The van der Waals surface area contributed by atoms with E-state index < -0.39 is 0 Å². The molecule has 0 aromatic heterocycles. The summed E-state index contributed by atoms with van der Waals surface area (Å²) in [5, 5.41) is 11.4. The Morgan fingerprint density at radius 3 is 2.12 bits per heavy atom. The van der Waals surface area contributed by atoms with E-state index in [1.807, 2.05) is 24.3 Å². The van der Waals surface area contributed by atoms with Crippen molar-refractivity contribution in [3.63, 3.8) is 0 Å². The van der Waals surface area contributed by atoms with Gasteiger partial charge in [0.15, 0.2) is 0 Å². The Kier molecular flexibility index (Phi) is 5.96. The first kappa shape index (κ1) is 13.6. The Labute approximate surface area is 113 Å². The number of fused-ring (bicyclic) bond motifs is 1. The van der Waals surface area contributed by atoms with Crippen molar-refractivity contribution in [3.05, 3.63) is 40.9 Å². The molecule has 0 fully saturated rings. The van der Waals surface area contributed by atoms with Crippen LogP contribution in [0.5, 0.6) is 5.75 Å². The summed E-state index contributed by atoms with van der Waals surface area (Å²) < 4.78 is 1.06. The van der Waals surface area contributed by atoms with E-state index in [2.05, 4.69) is 15.9 Å². The third kappa shape index (κ3) is 4.20. The molecule has 16 heavy (non-hydrogen) atoms. The van der Waals surface area contributed by atoms with E-state index in [1.54, 1.807) is 12.1 Å². The summed E-state index contributed by atoms with van der Waals surface area (Å²) in [6.45, 7) is 0. The molecule has 0 bridgehead atoms. The summed E-state index contributed by atoms with van der Waals surface area (Å²) >= 11 is 13.5. The van der Waals surface area contributed by atoms with E-state index in [4.69, 9.17) is 23.2 Å². The van der Waals surface area contributed by atoms with Gasteiger partial charge in [0.25, 0.3) is 0 Å². The lowest BCUT2D eigenvalue weighted by molar-refractivity contribution is 0.476. The van der Waals surface area contributed by atoms with Crippen LogP contribution in [0.1, 0.15) is 0 Å². The van der Waals surface area contributed by atoms with Crippen LogP contribution in [-0.2, 0) is 0 Å². The fourth-order valence-corrected chi connectivity index (χ4v) is 1.58. The van der Waals surface area contributed by atoms with E-state index in [-0.39, 0.29) is 0 Å². The fraction of sp³-hybridized carbons (Fsp3) is 0.167. The summed E-state index contributed by atoms with van der Waals surface area (Å²) in [5.74, 6) is 1.42. The highest BCUT2D eigenvalue weighted by Crippen LogP contribution is 2.22. The number of phenols is 1. The van der Waals surface area contributed by atoms with E-state index in [1.165, 1.54) is 0 Å². The third-order valence-corrected chi connectivity index (χ3v) is 2.92. The first-order chi connectivity index (χ1) is 7.67. The van der Waals surface area contributed by atoms with Crippen molar-refractivity contribution in [2.24, 2.45) is 0 Å². The van der Waals surface area contributed by atoms with Gasteiger partial charge in [0.2, 0.25) is 0 Å². The predicted octanol–water partition coefficient (Wildman–Crippen LogP) is 4.77. The Bertz CT molecular complexity index is 416. The Balaban J connectivity index is 0.000000280. The summed E-state index contributed by atoms with van der Waals surface area (Å²) in [7, 11) is 0. The molecule has 0 aliphatic heterocycles. The van der Waals surface area contributed by atoms with Crippen LogP contribution < -0.4 is 0 Å². The largest absolute Gasteiger partial charge is 0.508 e. The normalized spacial score (nSPS) is 9.69. The van der Waals surface area contributed by atoms with Gasteiger partial charge in [0, 0.05) is 16.2 Å². The smallest absolute Gasteiger partial charge is 0.116 e. The predicted molar refractivity (Wildman–Crippen MR) is 74.8 cm³/mol. The van der Waals surface area contributed by atoms with Crippen LogP contribution in [-0.4, -0.2) is 16.9 Å². The van der Waals surface area contributed by atoms with Crippen molar-refractivity contribution in [1.82, 2.24) is 0 Å². The first-order valence-electron chi connectivity index (χ1n) is 4.67. The van der Waals surface area contributed by atoms with Gasteiger partial charge in [-0.3, -0.25) is 0 Å². The van der Waals surface area contributed by atoms with Gasteiger partial charge in [-0.05, 0) is 35.0 Å². The van der Waals surface area contributed by atoms with Gasteiger partial charge < -0.3 is 5.11 Å². The second-order valence-corrected chi connectivity index (χ2v) is 4.73. The lowest BCUT2D eigenvalue weighted by Crippen LogP contribution is -1.71. The van der Waals surface area contributed by atoms with Crippen LogP contribution >= 0.6 is 39.1 Å². The van der Waals surface area contributed by atoms with Crippen molar-refractivity contribution in [3.8, 4) is 5.75 Å². The fourth-order valence-electron chi connectivity index (χ4n) is 1.20. The Morgan fingerprint density at radius 1 is 0.938 bits per heavy atom. The quantitative estimate of drug-likeness (QED) is 0.750. The zero-order chi connectivity index (χ0) is 12.0. The average Bonchev–Trinajstić information content (AvgIpc) is 2.30. The van der Waals surface area contributed by atoms with E-state index >= 15 is 0 Å². The van der Waals surface area contributed by atoms with Crippen LogP contribution in [0.3, 0.4) is 0 Å². The zero-order valence-electron chi connectivity index (χ0n) is 8.46. The van der Waals surface area contributed by atoms with Crippen molar-refractivity contribution in [2.75, 3.05) is 11.8 Å². The minimum atomic E-state index is 0.310. The molecule has 2 aromatic carbocycles. The first-order valence-corrected chi connectivity index (χ1v) is 6.54. The lowest BCUT2D eigenvalue weighted by atomic mass is 10.1. The van der Waals surface area contributed by atoms with Crippen LogP contribution in [0.25, 0.3) is 10.8 Å². The van der Waals surface area contributed by atoms with Crippen molar-refractivity contribution in [2.45, 2.75) is 0 Å². The number of benzene rings is 2. The van der Waals surface area contributed by atoms with Gasteiger partial charge in [-0.1, -0.05) is 28.1 Å². The molecule has 0 saturated carbocycles. The molecule has 4 heteroatoms. The van der Waals surface area contributed by atoms with Crippen LogP contribution in [0.4, 0.5) is 0 Å². The second kappa shape index (κ2) is 7.00. The molecule has 0 spiro atoms. The van der Waals surface area contributed by atoms with Crippen molar-refractivity contribution >= 4 is 49.9 Å². The molecule has 0 atom stereocenters. The molecule has 0 saturated heterocycles. The highest BCUT2D eigenvalue weighted by Gasteiger charge is 1.94. The molecule has 0 aliphatic rings. The number of aromatic hydroxyl groups is 1. The number of hydrogen-bond donors (Lipinski definition) is 1. The number of phenolic OH excluding ortho intramolecular Hbond substituents is 1. The molecule has 0 unspecified atom stereocenters. The number of halogens is 3. The molecule has 0 radical (unpaired) electrons. The van der Waals surface area contributed by atoms with Crippen LogP contribution in [0, 0.1) is 0 Å². The molecule has 2 rings (SSSR count). The molecule has 0 heterocycles. The van der Waals surface area contributed by atoms with Crippen molar-refractivity contribution < 1.29 is 5.11 Å². The maximum Gasteiger partial charge on any atom is 0.116 e.